The zero-order valence-electron chi connectivity index (χ0n) is 8.14. The van der Waals surface area contributed by atoms with Gasteiger partial charge in [0.15, 0.2) is 0 Å². The van der Waals surface area contributed by atoms with Crippen LogP contribution in [0.1, 0.15) is 33.1 Å². The highest BCUT2D eigenvalue weighted by Gasteiger charge is 2.48. The summed E-state index contributed by atoms with van der Waals surface area (Å²) in [5, 5.41) is 0. The molecule has 2 atom stereocenters. The minimum absolute atomic E-state index is 0.469. The van der Waals surface area contributed by atoms with Crippen LogP contribution in [-0.4, -0.2) is 0 Å². The van der Waals surface area contributed by atoms with Crippen LogP contribution >= 0.6 is 0 Å². The number of hydrogen-bond acceptors (Lipinski definition) is 0. The van der Waals surface area contributed by atoms with Crippen LogP contribution in [0.4, 0.5) is 0 Å². The fourth-order valence-corrected chi connectivity index (χ4v) is 3.16. The largest absolute Gasteiger partial charge is 0.0991 e. The van der Waals surface area contributed by atoms with Gasteiger partial charge in [0, 0.05) is 0 Å². The maximum atomic E-state index is 3.80. The van der Waals surface area contributed by atoms with Crippen LogP contribution in [0.25, 0.3) is 0 Å². The molecule has 0 aliphatic heterocycles. The van der Waals surface area contributed by atoms with Gasteiger partial charge in [-0.2, -0.15) is 0 Å². The van der Waals surface area contributed by atoms with Gasteiger partial charge >= 0.3 is 0 Å². The molecule has 0 heteroatoms. The number of allylic oxidation sites excluding steroid dienone is 3. The molecule has 0 spiro atoms. The summed E-state index contributed by atoms with van der Waals surface area (Å²) in [7, 11) is 0. The number of hydrogen-bond donors (Lipinski definition) is 0. The summed E-state index contributed by atoms with van der Waals surface area (Å²) in [6, 6.07) is 0. The molecule has 0 nitrogen and oxygen atoms in total. The molecule has 0 radical (unpaired) electrons. The van der Waals surface area contributed by atoms with E-state index >= 15 is 0 Å². The predicted molar refractivity (Wildman–Crippen MR) is 52.9 cm³/mol. The van der Waals surface area contributed by atoms with Crippen LogP contribution in [0.3, 0.4) is 0 Å². The van der Waals surface area contributed by atoms with Crippen molar-refractivity contribution < 1.29 is 0 Å². The average Bonchev–Trinajstić information content (AvgIpc) is 2.53. The van der Waals surface area contributed by atoms with E-state index in [0.717, 1.165) is 11.8 Å². The highest BCUT2D eigenvalue weighted by molar-refractivity contribution is 5.28. The van der Waals surface area contributed by atoms with Gasteiger partial charge in [-0.1, -0.05) is 38.2 Å². The van der Waals surface area contributed by atoms with E-state index in [0.29, 0.717) is 5.41 Å². The second-order valence-corrected chi connectivity index (χ2v) is 4.79. The van der Waals surface area contributed by atoms with Crippen molar-refractivity contribution in [3.63, 3.8) is 0 Å². The molecular weight excluding hydrogens is 144 g/mol. The molecule has 2 aliphatic carbocycles. The minimum Gasteiger partial charge on any atom is -0.0991 e. The lowest BCUT2D eigenvalue weighted by Gasteiger charge is -2.32. The van der Waals surface area contributed by atoms with E-state index in [9.17, 15) is 0 Å². The molecule has 0 saturated heterocycles. The van der Waals surface area contributed by atoms with Crippen molar-refractivity contribution in [2.45, 2.75) is 33.1 Å². The Balaban J connectivity index is 2.35. The van der Waals surface area contributed by atoms with Gasteiger partial charge in [0.05, 0.1) is 0 Å². The smallest absolute Gasteiger partial charge is 0.0110 e. The third kappa shape index (κ3) is 0.903. The number of rotatable bonds is 1. The molecule has 2 aliphatic rings. The fourth-order valence-electron chi connectivity index (χ4n) is 3.16. The second kappa shape index (κ2) is 2.48. The van der Waals surface area contributed by atoms with E-state index < -0.39 is 0 Å². The summed E-state index contributed by atoms with van der Waals surface area (Å²) < 4.78 is 0. The zero-order chi connectivity index (χ0) is 8.77. The average molecular weight is 162 g/mol. The van der Waals surface area contributed by atoms with Gasteiger partial charge in [-0.3, -0.25) is 0 Å². The van der Waals surface area contributed by atoms with E-state index in [-0.39, 0.29) is 0 Å². The van der Waals surface area contributed by atoms with E-state index in [1.54, 1.807) is 5.57 Å². The summed E-state index contributed by atoms with van der Waals surface area (Å²) in [5.41, 5.74) is 2.13. The van der Waals surface area contributed by atoms with Crippen molar-refractivity contribution in [1.29, 1.82) is 0 Å². The van der Waals surface area contributed by atoms with Gasteiger partial charge in [-0.25, -0.2) is 0 Å². The molecule has 2 bridgehead atoms. The molecule has 0 amide bonds. The maximum Gasteiger partial charge on any atom is -0.0110 e. The van der Waals surface area contributed by atoms with Crippen LogP contribution in [0.5, 0.6) is 0 Å². The molecule has 0 N–H and O–H groups in total. The molecule has 12 heavy (non-hydrogen) atoms. The van der Waals surface area contributed by atoms with E-state index in [1.807, 2.05) is 6.08 Å². The summed E-state index contributed by atoms with van der Waals surface area (Å²) >= 11 is 0. The molecule has 2 saturated carbocycles. The standard InChI is InChI=1S/C12H18/c1-4-5-11-9-6-7-10(8-9)12(11,2)3/h4-5,9-10H,1,6-8H2,2-3H3/b11-5+. The van der Waals surface area contributed by atoms with Crippen molar-refractivity contribution in [3.8, 4) is 0 Å². The third-order valence-electron chi connectivity index (χ3n) is 3.93. The second-order valence-electron chi connectivity index (χ2n) is 4.79. The normalized spacial score (nSPS) is 40.7. The van der Waals surface area contributed by atoms with Crippen molar-refractivity contribution in [2.24, 2.45) is 17.3 Å². The molecular formula is C12H18. The van der Waals surface area contributed by atoms with Crippen molar-refractivity contribution in [1.82, 2.24) is 0 Å². The Labute approximate surface area is 75.4 Å². The van der Waals surface area contributed by atoms with E-state index in [4.69, 9.17) is 0 Å². The lowest BCUT2D eigenvalue weighted by molar-refractivity contribution is 0.288. The Bertz CT molecular complexity index is 232. The first-order valence-corrected chi connectivity index (χ1v) is 4.99. The van der Waals surface area contributed by atoms with Crippen molar-refractivity contribution in [2.75, 3.05) is 0 Å². The highest BCUT2D eigenvalue weighted by Crippen LogP contribution is 2.58. The summed E-state index contributed by atoms with van der Waals surface area (Å²) in [6.45, 7) is 8.59. The maximum absolute atomic E-state index is 3.80. The summed E-state index contributed by atoms with van der Waals surface area (Å²) in [4.78, 5) is 0. The van der Waals surface area contributed by atoms with Gasteiger partial charge < -0.3 is 0 Å². The Morgan fingerprint density at radius 2 is 2.17 bits per heavy atom. The molecule has 66 valence electrons. The fraction of sp³-hybridized carbons (Fsp3) is 0.667. The molecule has 0 aromatic rings. The molecule has 0 aromatic heterocycles. The van der Waals surface area contributed by atoms with E-state index in [2.05, 4.69) is 26.5 Å². The first kappa shape index (κ1) is 8.10. The van der Waals surface area contributed by atoms with Crippen LogP contribution in [0.15, 0.2) is 24.3 Å². The molecule has 2 unspecified atom stereocenters. The molecule has 0 aromatic carbocycles. The number of fused-ring (bicyclic) bond motifs is 2. The van der Waals surface area contributed by atoms with Crippen LogP contribution in [-0.2, 0) is 0 Å². The van der Waals surface area contributed by atoms with Gasteiger partial charge in [0.25, 0.3) is 0 Å². The van der Waals surface area contributed by atoms with Crippen LogP contribution in [0, 0.1) is 17.3 Å². The summed E-state index contributed by atoms with van der Waals surface area (Å²) in [6.07, 6.45) is 8.52. The van der Waals surface area contributed by atoms with Gasteiger partial charge in [-0.05, 0) is 36.5 Å². The monoisotopic (exact) mass is 162 g/mol. The van der Waals surface area contributed by atoms with E-state index in [1.165, 1.54) is 19.3 Å². The predicted octanol–water partition coefficient (Wildman–Crippen LogP) is 3.55. The van der Waals surface area contributed by atoms with Crippen molar-refractivity contribution >= 4 is 0 Å². The van der Waals surface area contributed by atoms with Crippen LogP contribution in [0.2, 0.25) is 0 Å². The van der Waals surface area contributed by atoms with Gasteiger partial charge in [0.1, 0.15) is 0 Å². The van der Waals surface area contributed by atoms with Gasteiger partial charge in [0.2, 0.25) is 0 Å². The van der Waals surface area contributed by atoms with Crippen molar-refractivity contribution in [3.05, 3.63) is 24.3 Å². The first-order chi connectivity index (χ1) is 5.66. The molecule has 2 rings (SSSR count). The first-order valence-electron chi connectivity index (χ1n) is 4.99. The Hall–Kier alpha value is -0.520. The summed E-state index contributed by atoms with van der Waals surface area (Å²) in [5.74, 6) is 1.84. The lowest BCUT2D eigenvalue weighted by atomic mass is 9.73. The highest BCUT2D eigenvalue weighted by atomic mass is 14.5. The Morgan fingerprint density at radius 3 is 2.67 bits per heavy atom. The van der Waals surface area contributed by atoms with Gasteiger partial charge in [-0.15, -0.1) is 0 Å². The molecule has 2 fully saturated rings. The molecule has 0 heterocycles. The topological polar surface area (TPSA) is 0 Å². The quantitative estimate of drug-likeness (QED) is 0.553. The zero-order valence-corrected chi connectivity index (χ0v) is 8.14. The Kier molecular flexibility index (Phi) is 1.67. The Morgan fingerprint density at radius 1 is 1.42 bits per heavy atom. The van der Waals surface area contributed by atoms with Crippen LogP contribution < -0.4 is 0 Å². The third-order valence-corrected chi connectivity index (χ3v) is 3.93. The lowest BCUT2D eigenvalue weighted by Crippen LogP contribution is -2.22. The SMILES string of the molecule is C=C/C=C1\C2CCC(C2)C1(C)C. The minimum atomic E-state index is 0.469.